The minimum atomic E-state index is -0.201. The van der Waals surface area contributed by atoms with E-state index in [-0.39, 0.29) is 17.9 Å². The number of nitrogens with zero attached hydrogens (tertiary/aromatic N) is 2. The van der Waals surface area contributed by atoms with E-state index >= 15 is 0 Å². The van der Waals surface area contributed by atoms with E-state index in [0.29, 0.717) is 25.4 Å². The third kappa shape index (κ3) is 3.97. The van der Waals surface area contributed by atoms with Crippen LogP contribution in [0.3, 0.4) is 0 Å². The van der Waals surface area contributed by atoms with E-state index in [1.807, 2.05) is 29.2 Å². The molecule has 6 nitrogen and oxygen atoms in total. The normalized spacial score (nSPS) is 17.7. The molecule has 1 saturated heterocycles. The van der Waals surface area contributed by atoms with Gasteiger partial charge in [0.15, 0.2) is 5.58 Å². The van der Waals surface area contributed by atoms with Crippen LogP contribution in [0, 0.1) is 5.92 Å². The quantitative estimate of drug-likeness (QED) is 0.582. The number of unbranched alkanes of at least 4 members (excludes halogenated alkanes) is 1. The van der Waals surface area contributed by atoms with Gasteiger partial charge in [-0.25, -0.2) is 4.98 Å². The predicted molar refractivity (Wildman–Crippen MR) is 112 cm³/mol. The lowest BCUT2D eigenvalue weighted by Gasteiger charge is -2.27. The summed E-state index contributed by atoms with van der Waals surface area (Å²) >= 11 is 0. The summed E-state index contributed by atoms with van der Waals surface area (Å²) in [6.45, 7) is 3.19. The van der Waals surface area contributed by atoms with E-state index in [1.165, 1.54) is 0 Å². The monoisotopic (exact) mass is 393 g/mol. The molecule has 0 saturated carbocycles. The van der Waals surface area contributed by atoms with Crippen molar-refractivity contribution in [2.24, 2.45) is 5.92 Å². The topological polar surface area (TPSA) is 75.4 Å². The molecule has 2 amide bonds. The van der Waals surface area contributed by atoms with Gasteiger partial charge in [0.25, 0.3) is 0 Å². The lowest BCUT2D eigenvalue weighted by atomic mass is 10.00. The van der Waals surface area contributed by atoms with Gasteiger partial charge in [0.05, 0.1) is 5.92 Å². The zero-order chi connectivity index (χ0) is 20.2. The molecular weight excluding hydrogens is 366 g/mol. The number of hydrogen-bond acceptors (Lipinski definition) is 4. The van der Waals surface area contributed by atoms with E-state index in [2.05, 4.69) is 24.4 Å². The minimum absolute atomic E-state index is 0.0858. The summed E-state index contributed by atoms with van der Waals surface area (Å²) in [6, 6.07) is 12.0. The standard InChI is InChI=1S/C23H27N3O3/c1-2-3-7-18(14-24-15-27)23(28)26-11-6-10-20(26)22-25-19-12-16-8-4-5-9-17(16)13-21(19)29-22/h4-5,8-9,12-13,15,18,20H,2-3,6-7,10-11,14H2,1H3,(H,24,27)/t18-,20+/m1/s1. The molecule has 0 unspecified atom stereocenters. The first-order valence-electron chi connectivity index (χ1n) is 10.5. The fourth-order valence-electron chi connectivity index (χ4n) is 4.25. The largest absolute Gasteiger partial charge is 0.438 e. The van der Waals surface area contributed by atoms with E-state index in [0.717, 1.165) is 54.0 Å². The fourth-order valence-corrected chi connectivity index (χ4v) is 4.25. The van der Waals surface area contributed by atoms with Crippen LogP contribution in [-0.2, 0) is 9.59 Å². The average molecular weight is 393 g/mol. The molecule has 152 valence electrons. The molecule has 3 aromatic rings. The van der Waals surface area contributed by atoms with Gasteiger partial charge in [-0.1, -0.05) is 44.0 Å². The number of rotatable bonds is 8. The maximum Gasteiger partial charge on any atom is 0.228 e. The lowest BCUT2D eigenvalue weighted by molar-refractivity contribution is -0.137. The number of fused-ring (bicyclic) bond motifs is 2. The third-order valence-corrected chi connectivity index (χ3v) is 5.80. The van der Waals surface area contributed by atoms with Crippen molar-refractivity contribution in [2.75, 3.05) is 13.1 Å². The highest BCUT2D eigenvalue weighted by Crippen LogP contribution is 2.35. The highest BCUT2D eigenvalue weighted by molar-refractivity contribution is 5.94. The van der Waals surface area contributed by atoms with Crippen LogP contribution >= 0.6 is 0 Å². The van der Waals surface area contributed by atoms with Crippen molar-refractivity contribution in [3.8, 4) is 0 Å². The van der Waals surface area contributed by atoms with Crippen molar-refractivity contribution < 1.29 is 14.0 Å². The highest BCUT2D eigenvalue weighted by Gasteiger charge is 2.36. The van der Waals surface area contributed by atoms with Crippen molar-refractivity contribution in [2.45, 2.75) is 45.1 Å². The van der Waals surface area contributed by atoms with Crippen molar-refractivity contribution >= 4 is 34.2 Å². The molecule has 6 heteroatoms. The van der Waals surface area contributed by atoms with Crippen LogP contribution in [0.1, 0.15) is 51.0 Å². The van der Waals surface area contributed by atoms with Gasteiger partial charge in [-0.15, -0.1) is 0 Å². The molecule has 1 aliphatic rings. The van der Waals surface area contributed by atoms with Gasteiger partial charge in [-0.3, -0.25) is 9.59 Å². The zero-order valence-electron chi connectivity index (χ0n) is 16.8. The second-order valence-electron chi connectivity index (χ2n) is 7.77. The molecule has 1 fully saturated rings. The predicted octanol–water partition coefficient (Wildman–Crippen LogP) is 4.20. The second kappa shape index (κ2) is 8.64. The Balaban J connectivity index is 1.60. The van der Waals surface area contributed by atoms with Gasteiger partial charge < -0.3 is 14.6 Å². The van der Waals surface area contributed by atoms with Gasteiger partial charge >= 0.3 is 0 Å². The van der Waals surface area contributed by atoms with Crippen LogP contribution in [0.2, 0.25) is 0 Å². The van der Waals surface area contributed by atoms with Gasteiger partial charge in [-0.05, 0) is 42.2 Å². The molecule has 2 heterocycles. The van der Waals surface area contributed by atoms with Crippen LogP contribution in [0.5, 0.6) is 0 Å². The lowest BCUT2D eigenvalue weighted by Crippen LogP contribution is -2.40. The first kappa shape index (κ1) is 19.4. The number of likely N-dealkylation sites (tertiary alicyclic amines) is 1. The molecule has 29 heavy (non-hydrogen) atoms. The SMILES string of the molecule is CCCC[C@H](CNC=O)C(=O)N1CCC[C@H]1c1nc2cc3ccccc3cc2o1. The van der Waals surface area contributed by atoms with Crippen molar-refractivity contribution in [1.29, 1.82) is 0 Å². The Labute approximate surface area is 170 Å². The molecular formula is C23H27N3O3. The Morgan fingerprint density at radius 1 is 1.34 bits per heavy atom. The second-order valence-corrected chi connectivity index (χ2v) is 7.77. The van der Waals surface area contributed by atoms with Gasteiger partial charge in [0, 0.05) is 13.1 Å². The Bertz CT molecular complexity index is 960. The minimum Gasteiger partial charge on any atom is -0.438 e. The number of nitrogens with one attached hydrogen (secondary N) is 1. The summed E-state index contributed by atoms with van der Waals surface area (Å²) in [4.78, 5) is 30.6. The summed E-state index contributed by atoms with van der Waals surface area (Å²) in [5.41, 5.74) is 1.58. The van der Waals surface area contributed by atoms with Crippen molar-refractivity contribution in [3.05, 3.63) is 42.3 Å². The number of aromatic nitrogens is 1. The summed E-state index contributed by atoms with van der Waals surface area (Å²) in [7, 11) is 0. The molecule has 2 aromatic carbocycles. The van der Waals surface area contributed by atoms with Crippen LogP contribution in [-0.4, -0.2) is 35.3 Å². The number of benzene rings is 2. The summed E-state index contributed by atoms with van der Waals surface area (Å²) < 4.78 is 6.11. The summed E-state index contributed by atoms with van der Waals surface area (Å²) in [6.07, 6.45) is 5.20. The van der Waals surface area contributed by atoms with E-state index in [9.17, 15) is 9.59 Å². The van der Waals surface area contributed by atoms with Crippen LogP contribution < -0.4 is 5.32 Å². The average Bonchev–Trinajstić information content (AvgIpc) is 3.38. The number of amides is 2. The molecule has 0 spiro atoms. The number of carbonyl (C=O) groups is 2. The fraction of sp³-hybridized carbons (Fsp3) is 0.435. The molecule has 1 N–H and O–H groups in total. The Kier molecular flexibility index (Phi) is 5.79. The first-order valence-corrected chi connectivity index (χ1v) is 10.5. The Hall–Kier alpha value is -2.89. The smallest absolute Gasteiger partial charge is 0.228 e. The molecule has 1 aliphatic heterocycles. The van der Waals surface area contributed by atoms with Gasteiger partial charge in [-0.2, -0.15) is 0 Å². The molecule has 0 aliphatic carbocycles. The summed E-state index contributed by atoms with van der Waals surface area (Å²) in [5.74, 6) is 0.495. The van der Waals surface area contributed by atoms with Crippen LogP contribution in [0.15, 0.2) is 40.8 Å². The van der Waals surface area contributed by atoms with Crippen LogP contribution in [0.4, 0.5) is 0 Å². The van der Waals surface area contributed by atoms with E-state index in [1.54, 1.807) is 0 Å². The van der Waals surface area contributed by atoms with E-state index < -0.39 is 0 Å². The molecule has 1 aromatic heterocycles. The first-order chi connectivity index (χ1) is 14.2. The van der Waals surface area contributed by atoms with Crippen molar-refractivity contribution in [1.82, 2.24) is 15.2 Å². The van der Waals surface area contributed by atoms with Gasteiger partial charge in [0.1, 0.15) is 11.6 Å². The molecule has 0 radical (unpaired) electrons. The maximum absolute atomic E-state index is 13.2. The van der Waals surface area contributed by atoms with Gasteiger partial charge in [0.2, 0.25) is 18.2 Å². The molecule has 4 rings (SSSR count). The van der Waals surface area contributed by atoms with Crippen molar-refractivity contribution in [3.63, 3.8) is 0 Å². The van der Waals surface area contributed by atoms with Crippen LogP contribution in [0.25, 0.3) is 21.9 Å². The number of oxazole rings is 1. The van der Waals surface area contributed by atoms with E-state index in [4.69, 9.17) is 9.40 Å². The molecule has 0 bridgehead atoms. The maximum atomic E-state index is 13.2. The summed E-state index contributed by atoms with van der Waals surface area (Å²) in [5, 5.41) is 4.93. The number of carbonyl (C=O) groups excluding carboxylic acids is 2. The highest BCUT2D eigenvalue weighted by atomic mass is 16.3. The number of hydrogen-bond donors (Lipinski definition) is 1. The third-order valence-electron chi connectivity index (χ3n) is 5.80. The zero-order valence-corrected chi connectivity index (χ0v) is 16.8. The Morgan fingerprint density at radius 3 is 2.90 bits per heavy atom. The molecule has 2 atom stereocenters. The Morgan fingerprint density at radius 2 is 2.14 bits per heavy atom.